The molecule has 1 unspecified atom stereocenters. The van der Waals surface area contributed by atoms with Crippen molar-refractivity contribution in [1.29, 1.82) is 0 Å². The first-order valence-corrected chi connectivity index (χ1v) is 8.77. The Bertz CT molecular complexity index is 915. The molecule has 134 valence electrons. The maximum Gasteiger partial charge on any atom is 0.246 e. The number of carbonyl (C=O) groups is 1. The maximum absolute atomic E-state index is 14.0. The number of aromatic nitrogens is 2. The van der Waals surface area contributed by atoms with E-state index >= 15 is 0 Å². The summed E-state index contributed by atoms with van der Waals surface area (Å²) in [5, 5.41) is 6.14. The topological polar surface area (TPSA) is 105 Å². The van der Waals surface area contributed by atoms with E-state index in [1.165, 1.54) is 0 Å². The van der Waals surface area contributed by atoms with Gasteiger partial charge in [-0.15, -0.1) is 0 Å². The highest BCUT2D eigenvalue weighted by Gasteiger charge is 2.40. The summed E-state index contributed by atoms with van der Waals surface area (Å²) in [4.78, 5) is 15.4. The van der Waals surface area contributed by atoms with Crippen LogP contribution in [0.1, 0.15) is 11.7 Å². The van der Waals surface area contributed by atoms with E-state index in [1.54, 1.807) is 6.92 Å². The molecular formula is C14H14F2N4O4S. The zero-order valence-electron chi connectivity index (χ0n) is 13.1. The summed E-state index contributed by atoms with van der Waals surface area (Å²) in [6, 6.07) is 0.979. The van der Waals surface area contributed by atoms with Crippen molar-refractivity contribution in [1.82, 2.24) is 19.8 Å². The summed E-state index contributed by atoms with van der Waals surface area (Å²) in [6.07, 6.45) is -0.158. The fraction of sp³-hybridized carbons (Fsp3) is 0.357. The van der Waals surface area contributed by atoms with E-state index in [2.05, 4.69) is 15.5 Å². The van der Waals surface area contributed by atoms with Crippen LogP contribution < -0.4 is 5.32 Å². The van der Waals surface area contributed by atoms with Gasteiger partial charge >= 0.3 is 0 Å². The van der Waals surface area contributed by atoms with Gasteiger partial charge in [0.1, 0.15) is 22.6 Å². The predicted octanol–water partition coefficient (Wildman–Crippen LogP) is 0.388. The van der Waals surface area contributed by atoms with E-state index in [4.69, 9.17) is 4.52 Å². The summed E-state index contributed by atoms with van der Waals surface area (Å²) >= 11 is 0. The minimum atomic E-state index is -4.36. The highest BCUT2D eigenvalue weighted by molar-refractivity contribution is 7.89. The summed E-state index contributed by atoms with van der Waals surface area (Å²) in [6.45, 7) is 1.58. The first kappa shape index (κ1) is 17.4. The van der Waals surface area contributed by atoms with E-state index in [-0.39, 0.29) is 25.4 Å². The Morgan fingerprint density at radius 3 is 2.80 bits per heavy atom. The number of hydrogen-bond donors (Lipinski definition) is 1. The van der Waals surface area contributed by atoms with Gasteiger partial charge in [-0.3, -0.25) is 4.79 Å². The molecule has 0 spiro atoms. The molecule has 2 aromatic rings. The molecule has 8 nitrogen and oxygen atoms in total. The van der Waals surface area contributed by atoms with Gasteiger partial charge < -0.3 is 9.84 Å². The molecule has 1 aliphatic heterocycles. The van der Waals surface area contributed by atoms with Crippen molar-refractivity contribution in [2.24, 2.45) is 0 Å². The highest BCUT2D eigenvalue weighted by Crippen LogP contribution is 2.24. The summed E-state index contributed by atoms with van der Waals surface area (Å²) in [7, 11) is -4.36. The first-order chi connectivity index (χ1) is 11.8. The molecule has 1 fully saturated rings. The quantitative estimate of drug-likeness (QED) is 0.832. The van der Waals surface area contributed by atoms with Gasteiger partial charge in [0, 0.05) is 19.2 Å². The normalized spacial score (nSPS) is 19.0. The minimum absolute atomic E-state index is 0.0668. The molecule has 1 aliphatic rings. The standard InChI is InChI=1S/C14H14F2N4O4S/c1-8-18-13(24-19-8)7-11-14(21)17-4-5-20(11)25(22,23)12-3-2-9(15)6-10(12)16/h2-3,6,11H,4-5,7H2,1H3,(H,17,21). The van der Waals surface area contributed by atoms with Crippen LogP contribution in [0.3, 0.4) is 0 Å². The van der Waals surface area contributed by atoms with Crippen molar-refractivity contribution in [3.8, 4) is 0 Å². The smallest absolute Gasteiger partial charge is 0.246 e. The fourth-order valence-electron chi connectivity index (χ4n) is 2.58. The van der Waals surface area contributed by atoms with E-state index in [0.717, 1.165) is 16.4 Å². The number of hydrogen-bond acceptors (Lipinski definition) is 6. The molecule has 1 atom stereocenters. The number of sulfonamides is 1. The molecule has 25 heavy (non-hydrogen) atoms. The molecule has 0 aliphatic carbocycles. The van der Waals surface area contributed by atoms with Crippen molar-refractivity contribution in [3.63, 3.8) is 0 Å². The molecule has 11 heteroatoms. The van der Waals surface area contributed by atoms with Crippen LogP contribution >= 0.6 is 0 Å². The lowest BCUT2D eigenvalue weighted by Gasteiger charge is -2.33. The molecule has 1 aromatic heterocycles. The van der Waals surface area contributed by atoms with Gasteiger partial charge in [-0.05, 0) is 19.1 Å². The van der Waals surface area contributed by atoms with Crippen molar-refractivity contribution in [2.45, 2.75) is 24.3 Å². The third-order valence-electron chi connectivity index (χ3n) is 3.70. The molecule has 1 saturated heterocycles. The number of halogens is 2. The number of nitrogens with zero attached hydrogens (tertiary/aromatic N) is 3. The summed E-state index contributed by atoms with van der Waals surface area (Å²) in [5.41, 5.74) is 0. The van der Waals surface area contributed by atoms with Crippen molar-refractivity contribution in [2.75, 3.05) is 13.1 Å². The largest absolute Gasteiger partial charge is 0.353 e. The second-order valence-electron chi connectivity index (χ2n) is 5.44. The Morgan fingerprint density at radius 1 is 1.40 bits per heavy atom. The van der Waals surface area contributed by atoms with Gasteiger partial charge in [0.2, 0.25) is 21.8 Å². The number of benzene rings is 1. The summed E-state index contributed by atoms with van der Waals surface area (Å²) in [5.74, 6) is -2.26. The van der Waals surface area contributed by atoms with Crippen LogP contribution in [0, 0.1) is 18.6 Å². The van der Waals surface area contributed by atoms with Gasteiger partial charge in [0.05, 0.1) is 6.42 Å². The lowest BCUT2D eigenvalue weighted by Crippen LogP contribution is -2.58. The lowest BCUT2D eigenvalue weighted by molar-refractivity contribution is -0.126. The molecule has 3 rings (SSSR count). The average Bonchev–Trinajstić information content (AvgIpc) is 2.94. The van der Waals surface area contributed by atoms with Gasteiger partial charge in [-0.1, -0.05) is 5.16 Å². The maximum atomic E-state index is 14.0. The fourth-order valence-corrected chi connectivity index (χ4v) is 4.21. The van der Waals surface area contributed by atoms with Crippen LogP contribution in [0.25, 0.3) is 0 Å². The lowest BCUT2D eigenvalue weighted by atomic mass is 10.1. The van der Waals surface area contributed by atoms with Gasteiger partial charge in [0.15, 0.2) is 5.82 Å². The van der Waals surface area contributed by atoms with Crippen molar-refractivity contribution < 1.29 is 26.5 Å². The van der Waals surface area contributed by atoms with E-state index < -0.39 is 38.5 Å². The third-order valence-corrected chi connectivity index (χ3v) is 5.64. The zero-order chi connectivity index (χ0) is 18.2. The minimum Gasteiger partial charge on any atom is -0.353 e. The number of nitrogens with one attached hydrogen (secondary N) is 1. The number of aryl methyl sites for hydroxylation is 1. The second kappa shape index (κ2) is 6.48. The molecule has 1 aromatic carbocycles. The Balaban J connectivity index is 1.97. The van der Waals surface area contributed by atoms with E-state index in [9.17, 15) is 22.0 Å². The first-order valence-electron chi connectivity index (χ1n) is 7.33. The number of rotatable bonds is 4. The Morgan fingerprint density at radius 2 is 2.16 bits per heavy atom. The third kappa shape index (κ3) is 3.37. The van der Waals surface area contributed by atoms with Gasteiger partial charge in [0.25, 0.3) is 0 Å². The van der Waals surface area contributed by atoms with Crippen LogP contribution in [-0.4, -0.2) is 47.9 Å². The van der Waals surface area contributed by atoms with Crippen LogP contribution in [0.4, 0.5) is 8.78 Å². The molecule has 0 radical (unpaired) electrons. The van der Waals surface area contributed by atoms with Crippen molar-refractivity contribution in [3.05, 3.63) is 41.5 Å². The molecule has 1 N–H and O–H groups in total. The monoisotopic (exact) mass is 372 g/mol. The van der Waals surface area contributed by atoms with E-state index in [1.807, 2.05) is 0 Å². The second-order valence-corrected chi connectivity index (χ2v) is 7.30. The van der Waals surface area contributed by atoms with E-state index in [0.29, 0.717) is 11.9 Å². The van der Waals surface area contributed by atoms with Crippen LogP contribution in [0.5, 0.6) is 0 Å². The molecule has 0 bridgehead atoms. The Hall–Kier alpha value is -2.40. The molecule has 1 amide bonds. The predicted molar refractivity (Wildman–Crippen MR) is 79.8 cm³/mol. The number of piperazine rings is 1. The molecule has 2 heterocycles. The number of carbonyl (C=O) groups excluding carboxylic acids is 1. The highest BCUT2D eigenvalue weighted by atomic mass is 32.2. The van der Waals surface area contributed by atoms with Crippen LogP contribution in [0.15, 0.2) is 27.6 Å². The molecule has 0 saturated carbocycles. The molecular weight excluding hydrogens is 358 g/mol. The van der Waals surface area contributed by atoms with Crippen LogP contribution in [0.2, 0.25) is 0 Å². The van der Waals surface area contributed by atoms with Crippen molar-refractivity contribution >= 4 is 15.9 Å². The van der Waals surface area contributed by atoms with Crippen LogP contribution in [-0.2, 0) is 21.2 Å². The Kier molecular flexibility index (Phi) is 4.52. The zero-order valence-corrected chi connectivity index (χ0v) is 13.9. The number of amides is 1. The average molecular weight is 372 g/mol. The van der Waals surface area contributed by atoms with Gasteiger partial charge in [-0.2, -0.15) is 9.29 Å². The Labute approximate surface area is 141 Å². The summed E-state index contributed by atoms with van der Waals surface area (Å²) < 4.78 is 58.4. The van der Waals surface area contributed by atoms with Gasteiger partial charge in [-0.25, -0.2) is 17.2 Å². The SMILES string of the molecule is Cc1noc(CC2C(=O)NCCN2S(=O)(=O)c2ccc(F)cc2F)n1.